The number of hydrogen-bond donors (Lipinski definition) is 0. The molecule has 114 valence electrons. The maximum absolute atomic E-state index is 13.0. The third kappa shape index (κ3) is 4.12. The molecule has 0 N–H and O–H groups in total. The summed E-state index contributed by atoms with van der Waals surface area (Å²) in [6.45, 7) is 3.73. The maximum atomic E-state index is 13.0. The van der Waals surface area contributed by atoms with Crippen LogP contribution in [0.5, 0.6) is 0 Å². The fourth-order valence-electron chi connectivity index (χ4n) is 2.82. The quantitative estimate of drug-likeness (QED) is 0.795. The fourth-order valence-corrected chi connectivity index (χ4v) is 2.82. The van der Waals surface area contributed by atoms with E-state index in [2.05, 4.69) is 0 Å². The van der Waals surface area contributed by atoms with Crippen LogP contribution in [0.1, 0.15) is 46.0 Å². The molecule has 0 aromatic rings. The summed E-state index contributed by atoms with van der Waals surface area (Å²) < 4.78 is 39.1. The van der Waals surface area contributed by atoms with E-state index in [1.54, 1.807) is 13.8 Å². The van der Waals surface area contributed by atoms with Crippen LogP contribution in [-0.2, 0) is 4.79 Å². The second-order valence-corrected chi connectivity index (χ2v) is 5.57. The summed E-state index contributed by atoms with van der Waals surface area (Å²) in [6.07, 6.45) is -2.67. The Morgan fingerprint density at radius 3 is 2.45 bits per heavy atom. The van der Waals surface area contributed by atoms with Crippen molar-refractivity contribution in [2.24, 2.45) is 11.8 Å². The molecule has 0 radical (unpaired) electrons. The minimum atomic E-state index is -4.32. The van der Waals surface area contributed by atoms with Gasteiger partial charge in [0.1, 0.15) is 0 Å². The lowest BCUT2D eigenvalue weighted by atomic mass is 9.77. The highest BCUT2D eigenvalue weighted by Gasteiger charge is 2.49. The standard InChI is InChI=1S/C14H21F3N2O/c1-10(2)19(9-5-8-18)13(20)11-6-3-4-7-12(11)14(15,16)17/h10-12H,3-7,9H2,1-2H3. The second kappa shape index (κ2) is 6.96. The van der Waals surface area contributed by atoms with Crippen molar-refractivity contribution in [2.75, 3.05) is 6.54 Å². The zero-order chi connectivity index (χ0) is 15.3. The summed E-state index contributed by atoms with van der Waals surface area (Å²) >= 11 is 0. The number of rotatable bonds is 4. The predicted molar refractivity (Wildman–Crippen MR) is 68.6 cm³/mol. The van der Waals surface area contributed by atoms with Crippen LogP contribution < -0.4 is 0 Å². The van der Waals surface area contributed by atoms with Crippen molar-refractivity contribution in [2.45, 2.75) is 58.2 Å². The largest absolute Gasteiger partial charge is 0.392 e. The Labute approximate surface area is 117 Å². The van der Waals surface area contributed by atoms with Gasteiger partial charge in [0.25, 0.3) is 0 Å². The SMILES string of the molecule is CC(C)N(CCC#N)C(=O)C1CCCCC1C(F)(F)F. The van der Waals surface area contributed by atoms with E-state index in [1.807, 2.05) is 6.07 Å². The molecule has 0 spiro atoms. The number of carbonyl (C=O) groups excluding carboxylic acids is 1. The maximum Gasteiger partial charge on any atom is 0.392 e. The van der Waals surface area contributed by atoms with E-state index in [1.165, 1.54) is 4.90 Å². The zero-order valence-electron chi connectivity index (χ0n) is 11.9. The van der Waals surface area contributed by atoms with Gasteiger partial charge in [-0.15, -0.1) is 0 Å². The third-order valence-electron chi connectivity index (χ3n) is 3.87. The van der Waals surface area contributed by atoms with E-state index >= 15 is 0 Å². The van der Waals surface area contributed by atoms with E-state index in [0.717, 1.165) is 0 Å². The molecule has 6 heteroatoms. The van der Waals surface area contributed by atoms with Crippen molar-refractivity contribution in [1.82, 2.24) is 4.90 Å². The number of halogens is 3. The molecule has 1 aliphatic rings. The fraction of sp³-hybridized carbons (Fsp3) is 0.857. The summed E-state index contributed by atoms with van der Waals surface area (Å²) in [4.78, 5) is 13.8. The van der Waals surface area contributed by atoms with Crippen LogP contribution in [0, 0.1) is 23.2 Å². The van der Waals surface area contributed by atoms with Crippen LogP contribution in [0.4, 0.5) is 13.2 Å². The van der Waals surface area contributed by atoms with Crippen molar-refractivity contribution in [3.05, 3.63) is 0 Å². The van der Waals surface area contributed by atoms with Crippen molar-refractivity contribution in [3.8, 4) is 6.07 Å². The number of amides is 1. The molecule has 0 aliphatic heterocycles. The van der Waals surface area contributed by atoms with Crippen molar-refractivity contribution < 1.29 is 18.0 Å². The van der Waals surface area contributed by atoms with Gasteiger partial charge in [0.05, 0.1) is 18.4 Å². The molecule has 20 heavy (non-hydrogen) atoms. The molecular weight excluding hydrogens is 269 g/mol. The van der Waals surface area contributed by atoms with Gasteiger partial charge in [-0.1, -0.05) is 12.8 Å². The summed E-state index contributed by atoms with van der Waals surface area (Å²) in [5, 5.41) is 8.60. The Bertz CT molecular complexity index is 374. The third-order valence-corrected chi connectivity index (χ3v) is 3.87. The molecular formula is C14H21F3N2O. The first-order valence-electron chi connectivity index (χ1n) is 7.03. The van der Waals surface area contributed by atoms with Crippen molar-refractivity contribution in [3.63, 3.8) is 0 Å². The second-order valence-electron chi connectivity index (χ2n) is 5.57. The van der Waals surface area contributed by atoms with Gasteiger partial charge >= 0.3 is 6.18 Å². The molecule has 1 fully saturated rings. The average molecular weight is 290 g/mol. The summed E-state index contributed by atoms with van der Waals surface area (Å²) in [5.74, 6) is -2.96. The monoisotopic (exact) mass is 290 g/mol. The average Bonchev–Trinajstić information content (AvgIpc) is 2.37. The van der Waals surface area contributed by atoms with Crippen LogP contribution in [0.2, 0.25) is 0 Å². The molecule has 2 atom stereocenters. The van der Waals surface area contributed by atoms with E-state index in [4.69, 9.17) is 5.26 Å². The smallest absolute Gasteiger partial charge is 0.339 e. The van der Waals surface area contributed by atoms with Gasteiger partial charge in [-0.25, -0.2) is 0 Å². The lowest BCUT2D eigenvalue weighted by molar-refractivity contribution is -0.201. The van der Waals surface area contributed by atoms with E-state index in [0.29, 0.717) is 19.3 Å². The minimum Gasteiger partial charge on any atom is -0.339 e. The summed E-state index contributed by atoms with van der Waals surface area (Å²) in [7, 11) is 0. The van der Waals surface area contributed by atoms with Gasteiger partial charge in [0.2, 0.25) is 5.91 Å². The van der Waals surface area contributed by atoms with Crippen LogP contribution in [0.15, 0.2) is 0 Å². The molecule has 0 heterocycles. The molecule has 0 aromatic heterocycles. The topological polar surface area (TPSA) is 44.1 Å². The molecule has 2 unspecified atom stereocenters. The summed E-state index contributed by atoms with van der Waals surface area (Å²) in [5.41, 5.74) is 0. The normalized spacial score (nSPS) is 23.4. The molecule has 1 saturated carbocycles. The van der Waals surface area contributed by atoms with Gasteiger partial charge in [-0.3, -0.25) is 4.79 Å². The van der Waals surface area contributed by atoms with Crippen LogP contribution in [0.3, 0.4) is 0 Å². The van der Waals surface area contributed by atoms with Crippen molar-refractivity contribution in [1.29, 1.82) is 5.26 Å². The molecule has 0 aromatic carbocycles. The first-order chi connectivity index (χ1) is 9.29. The highest BCUT2D eigenvalue weighted by molar-refractivity contribution is 5.79. The highest BCUT2D eigenvalue weighted by atomic mass is 19.4. The first kappa shape index (κ1) is 16.8. The Kier molecular flexibility index (Phi) is 5.85. The van der Waals surface area contributed by atoms with E-state index in [9.17, 15) is 18.0 Å². The zero-order valence-corrected chi connectivity index (χ0v) is 11.9. The lowest BCUT2D eigenvalue weighted by Gasteiger charge is -2.37. The molecule has 1 amide bonds. The Balaban J connectivity index is 2.87. The minimum absolute atomic E-state index is 0.0318. The molecule has 1 rings (SSSR count). The van der Waals surface area contributed by atoms with E-state index in [-0.39, 0.29) is 25.4 Å². The Hall–Kier alpha value is -1.25. The number of nitrogens with zero attached hydrogens (tertiary/aromatic N) is 2. The Morgan fingerprint density at radius 2 is 1.95 bits per heavy atom. The number of carbonyl (C=O) groups is 1. The number of nitriles is 1. The molecule has 3 nitrogen and oxygen atoms in total. The van der Waals surface area contributed by atoms with Crippen LogP contribution in [0.25, 0.3) is 0 Å². The number of hydrogen-bond acceptors (Lipinski definition) is 2. The van der Waals surface area contributed by atoms with Gasteiger partial charge in [0.15, 0.2) is 0 Å². The molecule has 0 saturated heterocycles. The summed E-state index contributed by atoms with van der Waals surface area (Å²) in [6, 6.07) is 1.75. The van der Waals surface area contributed by atoms with Gasteiger partial charge in [0, 0.05) is 18.5 Å². The van der Waals surface area contributed by atoms with Crippen molar-refractivity contribution >= 4 is 5.91 Å². The van der Waals surface area contributed by atoms with Crippen LogP contribution >= 0.6 is 0 Å². The lowest BCUT2D eigenvalue weighted by Crippen LogP contribution is -2.47. The van der Waals surface area contributed by atoms with Crippen LogP contribution in [-0.4, -0.2) is 29.6 Å². The number of alkyl halides is 3. The first-order valence-corrected chi connectivity index (χ1v) is 7.03. The Morgan fingerprint density at radius 1 is 1.35 bits per heavy atom. The highest BCUT2D eigenvalue weighted by Crippen LogP contribution is 2.42. The van der Waals surface area contributed by atoms with Gasteiger partial charge in [-0.2, -0.15) is 18.4 Å². The van der Waals surface area contributed by atoms with Gasteiger partial charge in [-0.05, 0) is 26.7 Å². The molecule has 1 aliphatic carbocycles. The van der Waals surface area contributed by atoms with Gasteiger partial charge < -0.3 is 4.90 Å². The van der Waals surface area contributed by atoms with E-state index < -0.39 is 23.9 Å². The molecule has 0 bridgehead atoms. The predicted octanol–water partition coefficient (Wildman–Crippen LogP) is 3.51.